The van der Waals surface area contributed by atoms with E-state index in [2.05, 4.69) is 18.7 Å². The van der Waals surface area contributed by atoms with Crippen molar-refractivity contribution < 1.29 is 19.1 Å². The second-order valence-electron chi connectivity index (χ2n) is 7.99. The van der Waals surface area contributed by atoms with Gasteiger partial charge in [0, 0.05) is 37.6 Å². The lowest BCUT2D eigenvalue weighted by Crippen LogP contribution is -2.39. The zero-order chi connectivity index (χ0) is 24.2. The smallest absolute Gasteiger partial charge is 0.260 e. The van der Waals surface area contributed by atoms with Crippen molar-refractivity contribution in [3.8, 4) is 5.75 Å². The van der Waals surface area contributed by atoms with Crippen molar-refractivity contribution in [2.75, 3.05) is 43.1 Å². The summed E-state index contributed by atoms with van der Waals surface area (Å²) >= 11 is 1.45. The molecule has 0 unspecified atom stereocenters. The lowest BCUT2D eigenvalue weighted by molar-refractivity contribution is -0.121. The van der Waals surface area contributed by atoms with E-state index in [4.69, 9.17) is 9.72 Å². The molecule has 9 heteroatoms. The van der Waals surface area contributed by atoms with Gasteiger partial charge in [0.2, 0.25) is 11.8 Å². The average Bonchev–Trinajstić information content (AvgIpc) is 3.43. The highest BCUT2D eigenvalue weighted by atomic mass is 32.1. The maximum absolute atomic E-state index is 13.7. The third kappa shape index (κ3) is 4.80. The van der Waals surface area contributed by atoms with E-state index in [9.17, 15) is 14.4 Å². The highest BCUT2D eigenvalue weighted by Crippen LogP contribution is 2.32. The normalized spacial score (nSPS) is 13.8. The molecule has 0 bridgehead atoms. The van der Waals surface area contributed by atoms with Gasteiger partial charge >= 0.3 is 0 Å². The minimum atomic E-state index is -0.242. The van der Waals surface area contributed by atoms with Crippen LogP contribution in [-0.4, -0.2) is 60.9 Å². The number of thiazole rings is 1. The summed E-state index contributed by atoms with van der Waals surface area (Å²) in [5, 5.41) is 0.596. The fraction of sp³-hybridized carbons (Fsp3) is 0.360. The first-order chi connectivity index (χ1) is 16.4. The van der Waals surface area contributed by atoms with Crippen molar-refractivity contribution in [3.63, 3.8) is 0 Å². The first-order valence-corrected chi connectivity index (χ1v) is 12.2. The number of aromatic nitrogens is 1. The molecule has 1 aromatic heterocycles. The molecule has 8 nitrogen and oxygen atoms in total. The predicted octanol–water partition coefficient (Wildman–Crippen LogP) is 3.95. The van der Waals surface area contributed by atoms with Crippen molar-refractivity contribution in [1.82, 2.24) is 9.88 Å². The van der Waals surface area contributed by atoms with Crippen LogP contribution < -0.4 is 14.5 Å². The molecular formula is C25H28N4O4S. The number of fused-ring (bicyclic) bond motifs is 1. The number of carbonyl (C=O) groups is 3. The van der Waals surface area contributed by atoms with Crippen LogP contribution >= 0.6 is 11.3 Å². The largest absolute Gasteiger partial charge is 0.497 e. The van der Waals surface area contributed by atoms with Crippen LogP contribution in [0, 0.1) is 0 Å². The van der Waals surface area contributed by atoms with E-state index in [1.54, 1.807) is 36.3 Å². The summed E-state index contributed by atoms with van der Waals surface area (Å²) in [6.07, 6.45) is 0.393. The van der Waals surface area contributed by atoms with Gasteiger partial charge in [0.15, 0.2) is 5.13 Å². The molecule has 178 valence electrons. The number of amides is 3. The van der Waals surface area contributed by atoms with E-state index in [-0.39, 0.29) is 30.6 Å². The molecular weight excluding hydrogens is 452 g/mol. The third-order valence-electron chi connectivity index (χ3n) is 6.00. The van der Waals surface area contributed by atoms with Crippen LogP contribution in [0.5, 0.6) is 5.75 Å². The second-order valence-corrected chi connectivity index (χ2v) is 9.00. The molecule has 1 aliphatic heterocycles. The molecule has 1 fully saturated rings. The highest BCUT2D eigenvalue weighted by Gasteiger charge is 2.31. The monoisotopic (exact) mass is 480 g/mol. The third-order valence-corrected chi connectivity index (χ3v) is 7.06. The van der Waals surface area contributed by atoms with Crippen LogP contribution in [0.2, 0.25) is 0 Å². The lowest BCUT2D eigenvalue weighted by Gasteiger charge is -2.25. The maximum Gasteiger partial charge on any atom is 0.260 e. The minimum absolute atomic E-state index is 0.197. The van der Waals surface area contributed by atoms with Crippen LogP contribution in [0.4, 0.5) is 10.8 Å². The van der Waals surface area contributed by atoms with Crippen LogP contribution in [0.1, 0.15) is 37.0 Å². The Balaban J connectivity index is 1.69. The number of hydrogen-bond donors (Lipinski definition) is 0. The highest BCUT2D eigenvalue weighted by molar-refractivity contribution is 7.22. The van der Waals surface area contributed by atoms with Crippen molar-refractivity contribution in [1.29, 1.82) is 0 Å². The molecule has 3 amide bonds. The number of imide groups is 1. The quantitative estimate of drug-likeness (QED) is 0.432. The van der Waals surface area contributed by atoms with Crippen LogP contribution in [0.15, 0.2) is 42.5 Å². The summed E-state index contributed by atoms with van der Waals surface area (Å²) in [4.78, 5) is 48.0. The van der Waals surface area contributed by atoms with E-state index in [1.807, 2.05) is 18.2 Å². The zero-order valence-electron chi connectivity index (χ0n) is 19.6. The molecule has 0 radical (unpaired) electrons. The number of carbonyl (C=O) groups excluding carboxylic acids is 3. The minimum Gasteiger partial charge on any atom is -0.497 e. The van der Waals surface area contributed by atoms with E-state index in [1.165, 1.54) is 16.2 Å². The number of methoxy groups -OCH3 is 1. The standard InChI is InChI=1S/C25H28N4O4S/c1-4-27(5-2)13-14-28(25-26-20-16-19(33-3)9-10-21(20)34-25)24(32)17-7-6-8-18(15-17)29-22(30)11-12-23(29)31/h6-10,15-16H,4-5,11-14H2,1-3H3. The second kappa shape index (κ2) is 10.3. The first-order valence-electron chi connectivity index (χ1n) is 11.4. The van der Waals surface area contributed by atoms with E-state index < -0.39 is 0 Å². The van der Waals surface area contributed by atoms with Crippen molar-refractivity contribution >= 4 is 50.1 Å². The topological polar surface area (TPSA) is 83.0 Å². The van der Waals surface area contributed by atoms with Crippen molar-refractivity contribution in [2.45, 2.75) is 26.7 Å². The molecule has 4 rings (SSSR count). The summed E-state index contributed by atoms with van der Waals surface area (Å²) in [5.74, 6) is -0.00152. The fourth-order valence-corrected chi connectivity index (χ4v) is 4.97. The van der Waals surface area contributed by atoms with Gasteiger partial charge in [-0.15, -0.1) is 0 Å². The van der Waals surface area contributed by atoms with Crippen LogP contribution in [0.25, 0.3) is 10.2 Å². The molecule has 0 atom stereocenters. The summed E-state index contributed by atoms with van der Waals surface area (Å²) < 4.78 is 6.27. The van der Waals surface area contributed by atoms with Gasteiger partial charge in [0.25, 0.3) is 5.91 Å². The number of benzene rings is 2. The number of anilines is 2. The average molecular weight is 481 g/mol. The van der Waals surface area contributed by atoms with Gasteiger partial charge in [-0.1, -0.05) is 31.3 Å². The first kappa shape index (κ1) is 23.8. The molecule has 1 aliphatic rings. The Hall–Kier alpha value is -3.30. The van der Waals surface area contributed by atoms with Crippen LogP contribution in [0.3, 0.4) is 0 Å². The van der Waals surface area contributed by atoms with Gasteiger partial charge < -0.3 is 9.64 Å². The Morgan fingerprint density at radius 3 is 2.47 bits per heavy atom. The number of ether oxygens (including phenoxy) is 1. The number of hydrogen-bond acceptors (Lipinski definition) is 7. The molecule has 3 aromatic rings. The van der Waals surface area contributed by atoms with Crippen molar-refractivity contribution in [2.24, 2.45) is 0 Å². The molecule has 0 saturated carbocycles. The van der Waals surface area contributed by atoms with Gasteiger partial charge in [0.05, 0.1) is 23.0 Å². The van der Waals surface area contributed by atoms with Crippen molar-refractivity contribution in [3.05, 3.63) is 48.0 Å². The Bertz CT molecular complexity index is 1200. The molecule has 0 N–H and O–H groups in total. The molecule has 0 aliphatic carbocycles. The number of nitrogens with zero attached hydrogens (tertiary/aromatic N) is 4. The summed E-state index contributed by atoms with van der Waals surface area (Å²) in [5.41, 5.74) is 1.60. The van der Waals surface area contributed by atoms with Gasteiger partial charge in [0.1, 0.15) is 5.75 Å². The Morgan fingerprint density at radius 1 is 1.06 bits per heavy atom. The maximum atomic E-state index is 13.7. The SMILES string of the molecule is CCN(CC)CCN(C(=O)c1cccc(N2C(=O)CCC2=O)c1)c1nc2cc(OC)ccc2s1. The van der Waals surface area contributed by atoms with E-state index >= 15 is 0 Å². The number of likely N-dealkylation sites (N-methyl/N-ethyl adjacent to an activating group) is 1. The number of rotatable bonds is 9. The predicted molar refractivity (Wildman–Crippen MR) is 134 cm³/mol. The summed E-state index contributed by atoms with van der Waals surface area (Å²) in [7, 11) is 1.61. The van der Waals surface area contributed by atoms with Gasteiger partial charge in [-0.05, 0) is 43.4 Å². The summed E-state index contributed by atoms with van der Waals surface area (Å²) in [6, 6.07) is 12.4. The fourth-order valence-electron chi connectivity index (χ4n) is 4.00. The Kier molecular flexibility index (Phi) is 7.23. The zero-order valence-corrected chi connectivity index (χ0v) is 20.4. The summed E-state index contributed by atoms with van der Waals surface area (Å²) in [6.45, 7) is 7.10. The molecule has 34 heavy (non-hydrogen) atoms. The lowest BCUT2D eigenvalue weighted by atomic mass is 10.1. The van der Waals surface area contributed by atoms with E-state index in [0.29, 0.717) is 35.2 Å². The Labute approximate surface area is 202 Å². The van der Waals surface area contributed by atoms with Crippen LogP contribution in [-0.2, 0) is 9.59 Å². The molecule has 2 aromatic carbocycles. The Morgan fingerprint density at radius 2 is 1.79 bits per heavy atom. The van der Waals surface area contributed by atoms with Gasteiger partial charge in [-0.25, -0.2) is 4.98 Å². The molecule has 0 spiro atoms. The van der Waals surface area contributed by atoms with E-state index in [0.717, 1.165) is 23.3 Å². The molecule has 1 saturated heterocycles. The van der Waals surface area contributed by atoms with Gasteiger partial charge in [-0.3, -0.25) is 24.2 Å². The molecule has 2 heterocycles. The van der Waals surface area contributed by atoms with Gasteiger partial charge in [-0.2, -0.15) is 0 Å².